The van der Waals surface area contributed by atoms with Crippen LogP contribution in [0.5, 0.6) is 0 Å². The average Bonchev–Trinajstić information content (AvgIpc) is 2.46. The molecule has 0 aromatic carbocycles. The van der Waals surface area contributed by atoms with E-state index in [-0.39, 0.29) is 0 Å². The lowest BCUT2D eigenvalue weighted by molar-refractivity contribution is 0.552. The Morgan fingerprint density at radius 1 is 1.00 bits per heavy atom. The summed E-state index contributed by atoms with van der Waals surface area (Å²) in [7, 11) is 0. The van der Waals surface area contributed by atoms with Gasteiger partial charge in [0.25, 0.3) is 0 Å². The number of nitrogens with one attached hydrogen (secondary N) is 1. The maximum Gasteiger partial charge on any atom is 0.137 e. The number of hydrogen-bond acceptors (Lipinski definition) is 4. The number of hydrogen-bond donors (Lipinski definition) is 1. The first-order chi connectivity index (χ1) is 10.4. The van der Waals surface area contributed by atoms with Crippen molar-refractivity contribution in [2.45, 2.75) is 65.2 Å². The SMILES string of the molecule is CCCNc1ncnc(N2CCCCCCC2)c1CCC. The number of rotatable bonds is 6. The van der Waals surface area contributed by atoms with Crippen molar-refractivity contribution in [3.8, 4) is 0 Å². The number of aromatic nitrogens is 2. The summed E-state index contributed by atoms with van der Waals surface area (Å²) in [4.78, 5) is 11.6. The maximum absolute atomic E-state index is 4.64. The third kappa shape index (κ3) is 4.58. The summed E-state index contributed by atoms with van der Waals surface area (Å²) in [5.41, 5.74) is 1.31. The first kappa shape index (κ1) is 16.1. The molecule has 2 heterocycles. The highest BCUT2D eigenvalue weighted by atomic mass is 15.2. The maximum atomic E-state index is 4.64. The van der Waals surface area contributed by atoms with Crippen LogP contribution in [0.4, 0.5) is 11.6 Å². The third-order valence-electron chi connectivity index (χ3n) is 4.12. The molecule has 4 nitrogen and oxygen atoms in total. The molecule has 1 aliphatic rings. The second-order valence-electron chi connectivity index (χ2n) is 5.96. The highest BCUT2D eigenvalue weighted by Gasteiger charge is 2.17. The predicted octanol–water partition coefficient (Wildman–Crippen LogP) is 4.02. The smallest absolute Gasteiger partial charge is 0.137 e. The highest BCUT2D eigenvalue weighted by Crippen LogP contribution is 2.26. The zero-order chi connectivity index (χ0) is 14.9. The summed E-state index contributed by atoms with van der Waals surface area (Å²) in [6.07, 6.45) is 11.7. The second-order valence-corrected chi connectivity index (χ2v) is 5.96. The summed E-state index contributed by atoms with van der Waals surface area (Å²) < 4.78 is 0. The van der Waals surface area contributed by atoms with Crippen LogP contribution < -0.4 is 10.2 Å². The molecule has 1 aromatic rings. The van der Waals surface area contributed by atoms with Crippen molar-refractivity contribution >= 4 is 11.6 Å². The Hall–Kier alpha value is -1.32. The molecule has 0 amide bonds. The summed E-state index contributed by atoms with van der Waals surface area (Å²) in [6.45, 7) is 7.68. The molecule has 1 aliphatic heterocycles. The first-order valence-electron chi connectivity index (χ1n) is 8.69. The van der Waals surface area contributed by atoms with Gasteiger partial charge in [-0.2, -0.15) is 0 Å². The minimum Gasteiger partial charge on any atom is -0.370 e. The summed E-state index contributed by atoms with van der Waals surface area (Å²) in [6, 6.07) is 0. The van der Waals surface area contributed by atoms with E-state index in [0.29, 0.717) is 0 Å². The van der Waals surface area contributed by atoms with Crippen LogP contribution in [0.3, 0.4) is 0 Å². The lowest BCUT2D eigenvalue weighted by atomic mass is 10.1. The molecule has 1 fully saturated rings. The molecule has 0 saturated carbocycles. The van der Waals surface area contributed by atoms with Gasteiger partial charge >= 0.3 is 0 Å². The van der Waals surface area contributed by atoms with Crippen LogP contribution in [-0.4, -0.2) is 29.6 Å². The summed E-state index contributed by atoms with van der Waals surface area (Å²) in [5, 5.41) is 3.48. The Bertz CT molecular complexity index is 411. The molecule has 0 unspecified atom stereocenters. The monoisotopic (exact) mass is 290 g/mol. The zero-order valence-electron chi connectivity index (χ0n) is 13.7. The Kier molecular flexibility index (Phi) is 6.77. The quantitative estimate of drug-likeness (QED) is 0.859. The molecule has 21 heavy (non-hydrogen) atoms. The molecule has 2 rings (SSSR count). The fourth-order valence-corrected chi connectivity index (χ4v) is 3.01. The Labute approximate surface area is 129 Å². The minimum absolute atomic E-state index is 0.979. The van der Waals surface area contributed by atoms with E-state index in [0.717, 1.165) is 44.7 Å². The van der Waals surface area contributed by atoms with Gasteiger partial charge in [-0.15, -0.1) is 0 Å². The standard InChI is InChI=1S/C17H30N4/c1-3-10-15-16(18-11-4-2)19-14-20-17(15)21-12-8-6-5-7-9-13-21/h14H,3-13H2,1-2H3,(H,18,19,20). The number of nitrogens with zero attached hydrogens (tertiary/aromatic N) is 3. The van der Waals surface area contributed by atoms with Crippen LogP contribution >= 0.6 is 0 Å². The van der Waals surface area contributed by atoms with E-state index >= 15 is 0 Å². The van der Waals surface area contributed by atoms with E-state index in [2.05, 4.69) is 34.0 Å². The topological polar surface area (TPSA) is 41.1 Å². The molecule has 0 spiro atoms. The fourth-order valence-electron chi connectivity index (χ4n) is 3.01. The van der Waals surface area contributed by atoms with Gasteiger partial charge in [0, 0.05) is 25.2 Å². The van der Waals surface area contributed by atoms with Crippen molar-refractivity contribution in [2.75, 3.05) is 29.9 Å². The highest BCUT2D eigenvalue weighted by molar-refractivity contribution is 5.59. The predicted molar refractivity (Wildman–Crippen MR) is 90.1 cm³/mol. The molecule has 0 atom stereocenters. The van der Waals surface area contributed by atoms with Gasteiger partial charge in [-0.3, -0.25) is 0 Å². The summed E-state index contributed by atoms with van der Waals surface area (Å²) >= 11 is 0. The molecule has 118 valence electrons. The molecular formula is C17H30N4. The lowest BCUT2D eigenvalue weighted by Crippen LogP contribution is -2.29. The van der Waals surface area contributed by atoms with Crippen LogP contribution in [0.2, 0.25) is 0 Å². The molecule has 1 N–H and O–H groups in total. The number of anilines is 2. The van der Waals surface area contributed by atoms with Crippen molar-refractivity contribution in [1.82, 2.24) is 9.97 Å². The van der Waals surface area contributed by atoms with Crippen molar-refractivity contribution in [2.24, 2.45) is 0 Å². The fraction of sp³-hybridized carbons (Fsp3) is 0.765. The van der Waals surface area contributed by atoms with E-state index in [4.69, 9.17) is 0 Å². The van der Waals surface area contributed by atoms with Crippen LogP contribution in [0.1, 0.15) is 64.4 Å². The summed E-state index contributed by atoms with van der Waals surface area (Å²) in [5.74, 6) is 2.22. The molecule has 1 aromatic heterocycles. The van der Waals surface area contributed by atoms with E-state index in [1.807, 2.05) is 0 Å². The van der Waals surface area contributed by atoms with Gasteiger partial charge in [0.15, 0.2) is 0 Å². The molecule has 0 aliphatic carbocycles. The van der Waals surface area contributed by atoms with Gasteiger partial charge in [-0.05, 0) is 25.7 Å². The third-order valence-corrected chi connectivity index (χ3v) is 4.12. The molecule has 0 radical (unpaired) electrons. The van der Waals surface area contributed by atoms with E-state index in [1.54, 1.807) is 6.33 Å². The van der Waals surface area contributed by atoms with E-state index in [9.17, 15) is 0 Å². The van der Waals surface area contributed by atoms with Crippen LogP contribution in [0.15, 0.2) is 6.33 Å². The van der Waals surface area contributed by atoms with Gasteiger partial charge in [0.1, 0.15) is 18.0 Å². The van der Waals surface area contributed by atoms with Crippen LogP contribution in [0.25, 0.3) is 0 Å². The minimum atomic E-state index is 0.979. The largest absolute Gasteiger partial charge is 0.370 e. The lowest BCUT2D eigenvalue weighted by Gasteiger charge is -2.28. The molecule has 4 heteroatoms. The van der Waals surface area contributed by atoms with E-state index in [1.165, 1.54) is 43.5 Å². The van der Waals surface area contributed by atoms with Gasteiger partial charge in [0.2, 0.25) is 0 Å². The normalized spacial score (nSPS) is 16.4. The average molecular weight is 290 g/mol. The molecular weight excluding hydrogens is 260 g/mol. The van der Waals surface area contributed by atoms with Gasteiger partial charge in [-0.25, -0.2) is 9.97 Å². The Morgan fingerprint density at radius 2 is 1.71 bits per heavy atom. The van der Waals surface area contributed by atoms with Crippen molar-refractivity contribution in [3.05, 3.63) is 11.9 Å². The van der Waals surface area contributed by atoms with Crippen LogP contribution in [-0.2, 0) is 6.42 Å². The van der Waals surface area contributed by atoms with Gasteiger partial charge in [0.05, 0.1) is 0 Å². The van der Waals surface area contributed by atoms with Crippen molar-refractivity contribution < 1.29 is 0 Å². The van der Waals surface area contributed by atoms with Crippen molar-refractivity contribution in [1.29, 1.82) is 0 Å². The van der Waals surface area contributed by atoms with Crippen molar-refractivity contribution in [3.63, 3.8) is 0 Å². The zero-order valence-corrected chi connectivity index (χ0v) is 13.7. The van der Waals surface area contributed by atoms with Gasteiger partial charge in [-0.1, -0.05) is 39.5 Å². The van der Waals surface area contributed by atoms with Gasteiger partial charge < -0.3 is 10.2 Å². The Balaban J connectivity index is 2.22. The first-order valence-corrected chi connectivity index (χ1v) is 8.69. The van der Waals surface area contributed by atoms with E-state index < -0.39 is 0 Å². The van der Waals surface area contributed by atoms with Crippen LogP contribution in [0, 0.1) is 0 Å². The molecule has 1 saturated heterocycles. The Morgan fingerprint density at radius 3 is 2.38 bits per heavy atom. The second kappa shape index (κ2) is 8.85. The molecule has 0 bridgehead atoms.